The molecule has 0 bridgehead atoms. The summed E-state index contributed by atoms with van der Waals surface area (Å²) >= 11 is 1.75. The van der Waals surface area contributed by atoms with Gasteiger partial charge in [-0.2, -0.15) is 0 Å². The van der Waals surface area contributed by atoms with Gasteiger partial charge in [0.05, 0.1) is 19.7 Å². The maximum atomic E-state index is 11.4. The average Bonchev–Trinajstić information content (AvgIpc) is 2.88. The van der Waals surface area contributed by atoms with Crippen LogP contribution < -0.4 is 19.5 Å². The number of ether oxygens (including phenoxy) is 3. The largest absolute Gasteiger partial charge is 0.493 e. The van der Waals surface area contributed by atoms with Crippen LogP contribution >= 0.6 is 11.8 Å². The molecule has 0 atom stereocenters. The second-order valence-electron chi connectivity index (χ2n) is 8.65. The van der Waals surface area contributed by atoms with E-state index in [0.717, 1.165) is 27.8 Å². The van der Waals surface area contributed by atoms with Crippen LogP contribution in [0.3, 0.4) is 0 Å². The van der Waals surface area contributed by atoms with Crippen LogP contribution in [-0.2, 0) is 6.42 Å². The van der Waals surface area contributed by atoms with Gasteiger partial charge in [-0.05, 0) is 68.7 Å². The first-order valence-electron chi connectivity index (χ1n) is 11.8. The lowest BCUT2D eigenvalue weighted by atomic mass is 9.99. The molecule has 1 amide bonds. The van der Waals surface area contributed by atoms with Crippen LogP contribution in [0.25, 0.3) is 10.9 Å². The minimum atomic E-state index is -1.10. The summed E-state index contributed by atoms with van der Waals surface area (Å²) < 4.78 is 17.5. The van der Waals surface area contributed by atoms with E-state index in [1.807, 2.05) is 38.1 Å². The molecule has 0 unspecified atom stereocenters. The Kier molecular flexibility index (Phi) is 8.08. The average molecular weight is 519 g/mol. The molecule has 0 aliphatic rings. The molecule has 3 aromatic carbocycles. The van der Waals surface area contributed by atoms with Crippen molar-refractivity contribution in [3.63, 3.8) is 0 Å². The van der Waals surface area contributed by atoms with Gasteiger partial charge in [0.25, 0.3) is 0 Å². The lowest BCUT2D eigenvalue weighted by Crippen LogP contribution is -2.11. The summed E-state index contributed by atoms with van der Waals surface area (Å²) in [6, 6.07) is 15.7. The number of nitrogens with one attached hydrogen (secondary N) is 1. The van der Waals surface area contributed by atoms with Crippen molar-refractivity contribution >= 4 is 34.4 Å². The van der Waals surface area contributed by atoms with Crippen molar-refractivity contribution in [1.29, 1.82) is 0 Å². The minimum Gasteiger partial charge on any atom is -0.493 e. The maximum Gasteiger partial charge on any atom is 0.409 e. The molecular weight excluding hydrogens is 488 g/mol. The summed E-state index contributed by atoms with van der Waals surface area (Å²) in [4.78, 5) is 17.1. The first kappa shape index (κ1) is 26.2. The number of methoxy groups -OCH3 is 2. The third-order valence-electron chi connectivity index (χ3n) is 6.15. The Morgan fingerprint density at radius 3 is 2.35 bits per heavy atom. The molecule has 37 heavy (non-hydrogen) atoms. The number of carboxylic acid groups (broad SMARTS) is 1. The Labute approximate surface area is 220 Å². The molecule has 4 rings (SSSR count). The van der Waals surface area contributed by atoms with Crippen LogP contribution in [0.1, 0.15) is 22.3 Å². The Hall–Kier alpha value is -3.91. The van der Waals surface area contributed by atoms with Gasteiger partial charge < -0.3 is 19.3 Å². The summed E-state index contributed by atoms with van der Waals surface area (Å²) in [6.07, 6.45) is 1.28. The monoisotopic (exact) mass is 518 g/mol. The second-order valence-corrected chi connectivity index (χ2v) is 9.82. The second kappa shape index (κ2) is 11.4. The summed E-state index contributed by atoms with van der Waals surface area (Å²) in [5, 5.41) is 12.7. The van der Waals surface area contributed by atoms with Gasteiger partial charge >= 0.3 is 6.09 Å². The van der Waals surface area contributed by atoms with E-state index >= 15 is 0 Å². The van der Waals surface area contributed by atoms with Crippen molar-refractivity contribution in [2.24, 2.45) is 0 Å². The van der Waals surface area contributed by atoms with Crippen molar-refractivity contribution in [2.45, 2.75) is 32.1 Å². The van der Waals surface area contributed by atoms with Crippen LogP contribution in [0, 0.1) is 20.8 Å². The molecule has 1 aromatic heterocycles. The Morgan fingerprint density at radius 2 is 1.68 bits per heavy atom. The molecule has 4 aromatic rings. The molecule has 0 aliphatic carbocycles. The zero-order chi connectivity index (χ0) is 26.5. The minimum absolute atomic E-state index is 0.554. The first-order valence-corrected chi connectivity index (χ1v) is 12.8. The fraction of sp³-hybridized carbons (Fsp3) is 0.241. The van der Waals surface area contributed by atoms with E-state index < -0.39 is 6.09 Å². The molecule has 0 spiro atoms. The van der Waals surface area contributed by atoms with Gasteiger partial charge in [-0.3, -0.25) is 10.3 Å². The topological polar surface area (TPSA) is 89.9 Å². The highest BCUT2D eigenvalue weighted by Gasteiger charge is 2.19. The molecule has 0 fully saturated rings. The van der Waals surface area contributed by atoms with Crippen molar-refractivity contribution in [3.8, 4) is 23.0 Å². The zero-order valence-corrected chi connectivity index (χ0v) is 22.4. The summed E-state index contributed by atoms with van der Waals surface area (Å²) in [7, 11) is 3.18. The predicted molar refractivity (Wildman–Crippen MR) is 148 cm³/mol. The summed E-state index contributed by atoms with van der Waals surface area (Å²) in [6.45, 7) is 5.91. The van der Waals surface area contributed by atoms with Gasteiger partial charge in [0.1, 0.15) is 11.5 Å². The molecule has 8 heteroatoms. The summed E-state index contributed by atoms with van der Waals surface area (Å²) in [5.74, 6) is 3.30. The number of aryl methyl sites for hydroxylation is 2. The number of anilines is 1. The van der Waals surface area contributed by atoms with Crippen LogP contribution in [0.2, 0.25) is 0 Å². The number of carbonyl (C=O) groups is 1. The molecule has 1 heterocycles. The number of aromatic nitrogens is 1. The molecule has 0 radical (unpaired) electrons. The third kappa shape index (κ3) is 5.91. The molecule has 0 saturated carbocycles. The number of hydrogen-bond acceptors (Lipinski definition) is 6. The van der Waals surface area contributed by atoms with Crippen molar-refractivity contribution in [3.05, 3.63) is 77.0 Å². The van der Waals surface area contributed by atoms with E-state index in [0.29, 0.717) is 40.6 Å². The highest BCUT2D eigenvalue weighted by atomic mass is 32.2. The lowest BCUT2D eigenvalue weighted by Gasteiger charge is -2.20. The molecule has 0 aliphatic heterocycles. The number of thioether (sulfide) groups is 1. The molecule has 7 nitrogen and oxygen atoms in total. The highest BCUT2D eigenvalue weighted by molar-refractivity contribution is 7.99. The lowest BCUT2D eigenvalue weighted by molar-refractivity contribution is 0.209. The van der Waals surface area contributed by atoms with E-state index in [1.165, 1.54) is 10.5 Å². The Balaban J connectivity index is 1.73. The molecule has 192 valence electrons. The molecule has 0 saturated heterocycles. The van der Waals surface area contributed by atoms with Gasteiger partial charge in [-0.1, -0.05) is 17.7 Å². The van der Waals surface area contributed by atoms with Gasteiger partial charge in [0.2, 0.25) is 0 Å². The number of rotatable bonds is 9. The number of amides is 1. The third-order valence-corrected chi connectivity index (χ3v) is 7.17. The predicted octanol–water partition coefficient (Wildman–Crippen LogP) is 7.39. The van der Waals surface area contributed by atoms with Crippen molar-refractivity contribution in [1.82, 2.24) is 4.98 Å². The normalized spacial score (nSPS) is 10.8. The Morgan fingerprint density at radius 1 is 0.973 bits per heavy atom. The van der Waals surface area contributed by atoms with E-state index in [-0.39, 0.29) is 0 Å². The van der Waals surface area contributed by atoms with Gasteiger partial charge in [0, 0.05) is 39.5 Å². The SMILES string of the molecule is COc1cc2nccc(Oc3c(C)cc(NC(=O)O)c(C)c3CCSc3ccc(C)cc3)c2cc1OC. The van der Waals surface area contributed by atoms with E-state index in [1.54, 1.807) is 32.2 Å². The molecule has 2 N–H and O–H groups in total. The van der Waals surface area contributed by atoms with E-state index in [4.69, 9.17) is 14.2 Å². The fourth-order valence-electron chi connectivity index (χ4n) is 4.20. The first-order chi connectivity index (χ1) is 17.8. The van der Waals surface area contributed by atoms with Crippen molar-refractivity contribution in [2.75, 3.05) is 25.3 Å². The number of fused-ring (bicyclic) bond motifs is 1. The number of benzene rings is 3. The van der Waals surface area contributed by atoms with Gasteiger partial charge in [-0.15, -0.1) is 11.8 Å². The zero-order valence-electron chi connectivity index (χ0n) is 21.5. The number of hydrogen-bond donors (Lipinski definition) is 2. The molecular formula is C29H30N2O5S. The van der Waals surface area contributed by atoms with Gasteiger partial charge in [-0.25, -0.2) is 4.79 Å². The van der Waals surface area contributed by atoms with E-state index in [9.17, 15) is 9.90 Å². The van der Waals surface area contributed by atoms with Crippen LogP contribution in [-0.4, -0.2) is 36.2 Å². The number of pyridine rings is 1. The fourth-order valence-corrected chi connectivity index (χ4v) is 5.07. The summed E-state index contributed by atoms with van der Waals surface area (Å²) in [5.41, 5.74) is 5.11. The van der Waals surface area contributed by atoms with Crippen LogP contribution in [0.5, 0.6) is 23.0 Å². The van der Waals surface area contributed by atoms with E-state index in [2.05, 4.69) is 41.5 Å². The smallest absolute Gasteiger partial charge is 0.409 e. The standard InChI is InChI=1S/C29H30N2O5S/c1-17-6-8-20(9-7-17)37-13-11-21-19(3)23(31-29(32)33)14-18(2)28(21)36-25-10-12-30-24-16-27(35-5)26(34-4)15-22(24)25/h6-10,12,14-16,31H,11,13H2,1-5H3,(H,32,33). The number of nitrogens with zero attached hydrogens (tertiary/aromatic N) is 1. The van der Waals surface area contributed by atoms with Crippen LogP contribution in [0.15, 0.2) is 59.6 Å². The van der Waals surface area contributed by atoms with Crippen molar-refractivity contribution < 1.29 is 24.1 Å². The quantitative estimate of drug-likeness (QED) is 0.223. The highest BCUT2D eigenvalue weighted by Crippen LogP contribution is 2.41. The Bertz CT molecular complexity index is 1440. The van der Waals surface area contributed by atoms with Crippen LogP contribution in [0.4, 0.5) is 10.5 Å². The maximum absolute atomic E-state index is 11.4. The van der Waals surface area contributed by atoms with Gasteiger partial charge in [0.15, 0.2) is 11.5 Å².